The number of nitriles is 1. The molecular formula is C15H13BrN2O2. The normalized spacial score (nSPS) is 9.85. The van der Waals surface area contributed by atoms with Gasteiger partial charge >= 0.3 is 0 Å². The summed E-state index contributed by atoms with van der Waals surface area (Å²) in [5, 5.41) is 21.8. The summed E-state index contributed by atoms with van der Waals surface area (Å²) in [6.45, 7) is 0.535. The molecule has 0 bridgehead atoms. The van der Waals surface area contributed by atoms with Gasteiger partial charge in [-0.15, -0.1) is 0 Å². The van der Waals surface area contributed by atoms with Crippen LogP contribution in [0.2, 0.25) is 0 Å². The molecule has 0 saturated heterocycles. The Kier molecular flexibility index (Phi) is 4.49. The minimum absolute atomic E-state index is 0.109. The van der Waals surface area contributed by atoms with Crippen molar-refractivity contribution >= 4 is 21.6 Å². The Hall–Kier alpha value is -2.19. The van der Waals surface area contributed by atoms with E-state index in [0.717, 1.165) is 15.7 Å². The van der Waals surface area contributed by atoms with E-state index >= 15 is 0 Å². The lowest BCUT2D eigenvalue weighted by atomic mass is 10.1. The van der Waals surface area contributed by atoms with E-state index in [2.05, 4.69) is 27.3 Å². The molecule has 20 heavy (non-hydrogen) atoms. The van der Waals surface area contributed by atoms with Crippen LogP contribution in [-0.2, 0) is 6.54 Å². The van der Waals surface area contributed by atoms with Crippen molar-refractivity contribution in [3.8, 4) is 17.6 Å². The topological polar surface area (TPSA) is 65.3 Å². The number of phenols is 1. The van der Waals surface area contributed by atoms with E-state index < -0.39 is 0 Å². The summed E-state index contributed by atoms with van der Waals surface area (Å²) in [6.07, 6.45) is 0. The van der Waals surface area contributed by atoms with E-state index in [1.165, 1.54) is 7.11 Å². The van der Waals surface area contributed by atoms with E-state index in [4.69, 9.17) is 10.00 Å². The highest BCUT2D eigenvalue weighted by atomic mass is 79.9. The van der Waals surface area contributed by atoms with E-state index in [1.807, 2.05) is 12.1 Å². The Labute approximate surface area is 125 Å². The third-order valence-electron chi connectivity index (χ3n) is 2.83. The Balaban J connectivity index is 2.15. The molecule has 2 N–H and O–H groups in total. The summed E-state index contributed by atoms with van der Waals surface area (Å²) in [5.41, 5.74) is 2.29. The molecule has 0 radical (unpaired) electrons. The molecule has 0 fully saturated rings. The Morgan fingerprint density at radius 1 is 1.30 bits per heavy atom. The molecular weight excluding hydrogens is 320 g/mol. The van der Waals surface area contributed by atoms with Gasteiger partial charge in [-0.3, -0.25) is 0 Å². The molecule has 2 aromatic carbocycles. The summed E-state index contributed by atoms with van der Waals surface area (Å²) >= 11 is 3.34. The van der Waals surface area contributed by atoms with E-state index in [1.54, 1.807) is 24.3 Å². The van der Waals surface area contributed by atoms with Gasteiger partial charge in [-0.05, 0) is 35.9 Å². The van der Waals surface area contributed by atoms with Crippen molar-refractivity contribution in [1.82, 2.24) is 0 Å². The largest absolute Gasteiger partial charge is 0.504 e. The van der Waals surface area contributed by atoms with E-state index in [0.29, 0.717) is 17.9 Å². The van der Waals surface area contributed by atoms with Crippen molar-refractivity contribution in [1.29, 1.82) is 5.26 Å². The molecule has 0 unspecified atom stereocenters. The highest BCUT2D eigenvalue weighted by Gasteiger charge is 2.05. The third-order valence-corrected chi connectivity index (χ3v) is 3.32. The number of ether oxygens (including phenoxy) is 1. The lowest BCUT2D eigenvalue weighted by molar-refractivity contribution is 0.373. The van der Waals surface area contributed by atoms with Crippen LogP contribution in [0.3, 0.4) is 0 Å². The molecule has 0 aromatic heterocycles. The average Bonchev–Trinajstić information content (AvgIpc) is 2.47. The highest BCUT2D eigenvalue weighted by Crippen LogP contribution is 2.27. The van der Waals surface area contributed by atoms with Crippen molar-refractivity contribution in [2.75, 3.05) is 12.4 Å². The second-order valence-corrected chi connectivity index (χ2v) is 5.08. The standard InChI is InChI=1S/C15H13BrN2O2/c1-20-15-6-10(2-5-14(15)19)9-18-13-4-3-12(16)7-11(13)8-17/h2-7,18-19H,9H2,1H3. The Morgan fingerprint density at radius 3 is 2.80 bits per heavy atom. The molecule has 2 rings (SSSR count). The average molecular weight is 333 g/mol. The second kappa shape index (κ2) is 6.31. The van der Waals surface area contributed by atoms with Crippen molar-refractivity contribution in [2.45, 2.75) is 6.54 Å². The fraction of sp³-hybridized carbons (Fsp3) is 0.133. The Morgan fingerprint density at radius 2 is 2.10 bits per heavy atom. The van der Waals surface area contributed by atoms with Crippen molar-refractivity contribution in [3.05, 3.63) is 52.0 Å². The molecule has 0 amide bonds. The zero-order chi connectivity index (χ0) is 14.5. The first-order chi connectivity index (χ1) is 9.63. The van der Waals surface area contributed by atoms with Gasteiger partial charge < -0.3 is 15.2 Å². The van der Waals surface area contributed by atoms with Crippen molar-refractivity contribution in [2.24, 2.45) is 0 Å². The number of methoxy groups -OCH3 is 1. The smallest absolute Gasteiger partial charge is 0.160 e. The number of phenolic OH excluding ortho intramolecular Hbond substituents is 1. The number of anilines is 1. The van der Waals surface area contributed by atoms with Crippen LogP contribution in [0.15, 0.2) is 40.9 Å². The number of nitrogens with zero attached hydrogens (tertiary/aromatic N) is 1. The van der Waals surface area contributed by atoms with Gasteiger partial charge in [0.05, 0.1) is 18.4 Å². The predicted octanol–water partition coefficient (Wildman–Crippen LogP) is 3.65. The lowest BCUT2D eigenvalue weighted by Gasteiger charge is -2.10. The zero-order valence-electron chi connectivity index (χ0n) is 10.9. The quantitative estimate of drug-likeness (QED) is 0.896. The van der Waals surface area contributed by atoms with Crippen LogP contribution in [0, 0.1) is 11.3 Å². The van der Waals surface area contributed by atoms with Crippen molar-refractivity contribution < 1.29 is 9.84 Å². The highest BCUT2D eigenvalue weighted by molar-refractivity contribution is 9.10. The number of nitrogens with one attached hydrogen (secondary N) is 1. The fourth-order valence-electron chi connectivity index (χ4n) is 1.79. The fourth-order valence-corrected chi connectivity index (χ4v) is 2.15. The van der Waals surface area contributed by atoms with Crippen LogP contribution in [0.5, 0.6) is 11.5 Å². The first-order valence-corrected chi connectivity index (χ1v) is 6.72. The maximum absolute atomic E-state index is 9.54. The number of rotatable bonds is 4. The molecule has 0 aliphatic carbocycles. The SMILES string of the molecule is COc1cc(CNc2ccc(Br)cc2C#N)ccc1O. The van der Waals surface area contributed by atoms with Gasteiger partial charge in [0.2, 0.25) is 0 Å². The van der Waals surface area contributed by atoms with Crippen LogP contribution in [-0.4, -0.2) is 12.2 Å². The van der Waals surface area contributed by atoms with Gasteiger partial charge in [-0.1, -0.05) is 22.0 Å². The summed E-state index contributed by atoms with van der Waals surface area (Å²) in [6, 6.07) is 12.8. The minimum Gasteiger partial charge on any atom is -0.504 e. The summed E-state index contributed by atoms with van der Waals surface area (Å²) < 4.78 is 5.93. The predicted molar refractivity (Wildman–Crippen MR) is 80.8 cm³/mol. The molecule has 2 aromatic rings. The van der Waals surface area contributed by atoms with E-state index in [-0.39, 0.29) is 5.75 Å². The number of hydrogen-bond acceptors (Lipinski definition) is 4. The molecule has 102 valence electrons. The van der Waals surface area contributed by atoms with Gasteiger partial charge in [0.1, 0.15) is 6.07 Å². The van der Waals surface area contributed by atoms with E-state index in [9.17, 15) is 5.11 Å². The van der Waals surface area contributed by atoms with Crippen LogP contribution >= 0.6 is 15.9 Å². The van der Waals surface area contributed by atoms with Gasteiger partial charge in [0.15, 0.2) is 11.5 Å². The van der Waals surface area contributed by atoms with Crippen LogP contribution in [0.1, 0.15) is 11.1 Å². The second-order valence-electron chi connectivity index (χ2n) is 4.16. The number of aromatic hydroxyl groups is 1. The van der Waals surface area contributed by atoms with Crippen LogP contribution < -0.4 is 10.1 Å². The number of benzene rings is 2. The molecule has 4 nitrogen and oxygen atoms in total. The number of hydrogen-bond donors (Lipinski definition) is 2. The molecule has 0 saturated carbocycles. The summed E-state index contributed by atoms with van der Waals surface area (Å²) in [5.74, 6) is 0.540. The first kappa shape index (κ1) is 14.2. The molecule has 5 heteroatoms. The molecule has 0 atom stereocenters. The molecule has 0 heterocycles. The summed E-state index contributed by atoms with van der Waals surface area (Å²) in [7, 11) is 1.51. The molecule has 0 aliphatic rings. The number of halogens is 1. The van der Waals surface area contributed by atoms with Crippen LogP contribution in [0.25, 0.3) is 0 Å². The first-order valence-electron chi connectivity index (χ1n) is 5.93. The van der Waals surface area contributed by atoms with Gasteiger partial charge in [-0.25, -0.2) is 0 Å². The third kappa shape index (κ3) is 3.22. The zero-order valence-corrected chi connectivity index (χ0v) is 12.4. The maximum Gasteiger partial charge on any atom is 0.160 e. The van der Waals surface area contributed by atoms with Gasteiger partial charge in [-0.2, -0.15) is 5.26 Å². The molecule has 0 aliphatic heterocycles. The molecule has 0 spiro atoms. The lowest BCUT2D eigenvalue weighted by Crippen LogP contribution is -2.01. The van der Waals surface area contributed by atoms with Crippen molar-refractivity contribution in [3.63, 3.8) is 0 Å². The maximum atomic E-state index is 9.54. The Bertz CT molecular complexity index is 665. The van der Waals surface area contributed by atoms with Crippen LogP contribution in [0.4, 0.5) is 5.69 Å². The van der Waals surface area contributed by atoms with Gasteiger partial charge in [0.25, 0.3) is 0 Å². The van der Waals surface area contributed by atoms with Gasteiger partial charge in [0, 0.05) is 11.0 Å². The minimum atomic E-state index is 0.109. The summed E-state index contributed by atoms with van der Waals surface area (Å²) in [4.78, 5) is 0. The monoisotopic (exact) mass is 332 g/mol.